The summed E-state index contributed by atoms with van der Waals surface area (Å²) in [5.41, 5.74) is 0. The minimum atomic E-state index is -4.36. The number of carbonyl (C=O) groups excluding carboxylic acids is 1. The van der Waals surface area contributed by atoms with Gasteiger partial charge in [-0.2, -0.15) is 0 Å². The van der Waals surface area contributed by atoms with E-state index in [0.29, 0.717) is 4.67 Å². The van der Waals surface area contributed by atoms with Crippen LogP contribution in [0.15, 0.2) is 0 Å². The van der Waals surface area contributed by atoms with Crippen molar-refractivity contribution in [3.05, 3.63) is 0 Å². The van der Waals surface area contributed by atoms with Gasteiger partial charge in [-0.3, -0.25) is 9.36 Å². The number of nitrogens with zero attached hydrogens (tertiary/aromatic N) is 1. The minimum Gasteiger partial charge on any atom is -0.324 e. The van der Waals surface area contributed by atoms with Crippen molar-refractivity contribution >= 4 is 21.1 Å². The Hall–Kier alpha value is -0.0300. The average Bonchev–Trinajstić information content (AvgIpc) is 1.78. The lowest BCUT2D eigenvalue weighted by Crippen LogP contribution is -2.22. The highest BCUT2D eigenvalue weighted by Crippen LogP contribution is 2.58. The van der Waals surface area contributed by atoms with Gasteiger partial charge in [0.25, 0.3) is 0 Å². The maximum absolute atomic E-state index is 11.2. The quantitative estimate of drug-likeness (QED) is 0.677. The molecule has 0 fully saturated rings. The first kappa shape index (κ1) is 14.0. The highest BCUT2D eigenvalue weighted by Gasteiger charge is 2.33. The maximum Gasteiger partial charge on any atom is 0.412 e. The molecule has 14 heavy (non-hydrogen) atoms. The van der Waals surface area contributed by atoms with Crippen LogP contribution in [0.2, 0.25) is 0 Å². The first-order chi connectivity index (χ1) is 6.04. The van der Waals surface area contributed by atoms with Crippen molar-refractivity contribution in [3.63, 3.8) is 0 Å². The van der Waals surface area contributed by atoms with Crippen LogP contribution in [0, 0.1) is 0 Å². The Labute approximate surface area is 81.8 Å². The summed E-state index contributed by atoms with van der Waals surface area (Å²) in [4.78, 5) is 28.5. The third-order valence-corrected chi connectivity index (χ3v) is 4.21. The van der Waals surface area contributed by atoms with Gasteiger partial charge in [-0.1, -0.05) is 0 Å². The summed E-state index contributed by atoms with van der Waals surface area (Å²) in [6, 6.07) is 0. The summed E-state index contributed by atoms with van der Waals surface area (Å²) in [7, 11) is -7.26. The second-order valence-corrected chi connectivity index (χ2v) is 6.82. The van der Waals surface area contributed by atoms with Gasteiger partial charge in [0.1, 0.15) is 5.78 Å². The van der Waals surface area contributed by atoms with Crippen molar-refractivity contribution in [2.24, 2.45) is 0 Å². The SMILES string of the molecule is CC(=O)CN(C)P(=O)(O)OP(C)(=O)O. The Balaban J connectivity index is 4.54. The van der Waals surface area contributed by atoms with E-state index in [-0.39, 0.29) is 12.3 Å². The Morgan fingerprint density at radius 1 is 1.43 bits per heavy atom. The molecule has 9 heteroatoms. The molecule has 0 aliphatic heterocycles. The highest BCUT2D eigenvalue weighted by molar-refractivity contribution is 7.64. The first-order valence-corrected chi connectivity index (χ1v) is 7.15. The molecule has 7 nitrogen and oxygen atoms in total. The van der Waals surface area contributed by atoms with Gasteiger partial charge in [0, 0.05) is 6.66 Å². The summed E-state index contributed by atoms with van der Waals surface area (Å²) in [6.07, 6.45) is 0. The lowest BCUT2D eigenvalue weighted by atomic mass is 10.5. The first-order valence-electron chi connectivity index (χ1n) is 3.60. The molecule has 0 aliphatic carbocycles. The fourth-order valence-corrected chi connectivity index (χ4v) is 3.13. The molecular formula is C5H13NO6P2. The van der Waals surface area contributed by atoms with Crippen molar-refractivity contribution in [2.75, 3.05) is 20.3 Å². The standard InChI is InChI=1S/C5H13NO6P2/c1-5(7)4-6(2)14(10,11)12-13(3,8)9/h4H2,1-3H3,(H,8,9)(H,10,11). The number of hydrogen-bond acceptors (Lipinski definition) is 4. The van der Waals surface area contributed by atoms with Crippen LogP contribution in [-0.4, -0.2) is 40.5 Å². The van der Waals surface area contributed by atoms with Crippen molar-refractivity contribution in [1.82, 2.24) is 4.67 Å². The maximum atomic E-state index is 11.2. The molecule has 0 aromatic rings. The van der Waals surface area contributed by atoms with E-state index in [4.69, 9.17) is 9.79 Å². The molecule has 0 radical (unpaired) electrons. The highest BCUT2D eigenvalue weighted by atomic mass is 31.3. The van der Waals surface area contributed by atoms with E-state index in [2.05, 4.69) is 4.31 Å². The summed E-state index contributed by atoms with van der Waals surface area (Å²) >= 11 is 0. The van der Waals surface area contributed by atoms with E-state index in [0.717, 1.165) is 13.7 Å². The zero-order valence-corrected chi connectivity index (χ0v) is 9.87. The molecule has 0 bridgehead atoms. The molecule has 0 aliphatic rings. The fraction of sp³-hybridized carbons (Fsp3) is 0.800. The molecule has 0 heterocycles. The van der Waals surface area contributed by atoms with Crippen LogP contribution in [0.5, 0.6) is 0 Å². The van der Waals surface area contributed by atoms with Gasteiger partial charge in [-0.15, -0.1) is 0 Å². The largest absolute Gasteiger partial charge is 0.412 e. The second-order valence-electron chi connectivity index (χ2n) is 2.89. The van der Waals surface area contributed by atoms with Crippen LogP contribution >= 0.6 is 15.3 Å². The van der Waals surface area contributed by atoms with E-state index in [1.165, 1.54) is 6.92 Å². The van der Waals surface area contributed by atoms with E-state index in [1.807, 2.05) is 0 Å². The number of rotatable bonds is 5. The molecule has 2 N–H and O–H groups in total. The fourth-order valence-electron chi connectivity index (χ4n) is 0.671. The van der Waals surface area contributed by atoms with Crippen LogP contribution < -0.4 is 0 Å². The van der Waals surface area contributed by atoms with Crippen LogP contribution in [0.4, 0.5) is 0 Å². The topological polar surface area (TPSA) is 104 Å². The monoisotopic (exact) mass is 245 g/mol. The predicted octanol–water partition coefficient (Wildman–Crippen LogP) is 0.439. The van der Waals surface area contributed by atoms with E-state index < -0.39 is 15.3 Å². The number of likely N-dealkylation sites (N-methyl/N-ethyl adjacent to an activating group) is 1. The van der Waals surface area contributed by atoms with Gasteiger partial charge in [-0.05, 0) is 14.0 Å². The Kier molecular flexibility index (Phi) is 4.65. The normalized spacial score (nSPS) is 20.1. The zero-order chi connectivity index (χ0) is 11.6. The smallest absolute Gasteiger partial charge is 0.324 e. The number of hydrogen-bond donors (Lipinski definition) is 2. The van der Waals surface area contributed by atoms with E-state index in [1.54, 1.807) is 0 Å². The third kappa shape index (κ3) is 5.65. The summed E-state index contributed by atoms with van der Waals surface area (Å²) in [5.74, 6) is -0.353. The minimum absolute atomic E-state index is 0.326. The number of carbonyl (C=O) groups is 1. The number of ketones is 1. The Morgan fingerprint density at radius 2 is 1.86 bits per heavy atom. The summed E-state index contributed by atoms with van der Waals surface area (Å²) in [5, 5.41) is 0. The Bertz CT molecular complexity index is 309. The average molecular weight is 245 g/mol. The molecule has 0 amide bonds. The molecule has 84 valence electrons. The summed E-state index contributed by atoms with van der Waals surface area (Å²) < 4.78 is 26.7. The van der Waals surface area contributed by atoms with Crippen molar-refractivity contribution in [3.8, 4) is 0 Å². The van der Waals surface area contributed by atoms with E-state index in [9.17, 15) is 13.9 Å². The van der Waals surface area contributed by atoms with Gasteiger partial charge < -0.3 is 9.79 Å². The molecule has 0 aromatic carbocycles. The predicted molar refractivity (Wildman–Crippen MR) is 50.0 cm³/mol. The molecule has 0 rings (SSSR count). The van der Waals surface area contributed by atoms with Gasteiger partial charge in [-0.25, -0.2) is 13.5 Å². The lowest BCUT2D eigenvalue weighted by Gasteiger charge is -2.21. The van der Waals surface area contributed by atoms with Gasteiger partial charge in [0.2, 0.25) is 0 Å². The number of Topliss-reactive ketones (excluding diaryl/α,β-unsaturated/α-hetero) is 1. The molecule has 2 unspecified atom stereocenters. The molecule has 0 saturated heterocycles. The van der Waals surface area contributed by atoms with Crippen molar-refractivity contribution in [1.29, 1.82) is 0 Å². The van der Waals surface area contributed by atoms with Crippen molar-refractivity contribution in [2.45, 2.75) is 6.92 Å². The molecular weight excluding hydrogens is 232 g/mol. The van der Waals surface area contributed by atoms with Crippen molar-refractivity contribution < 1.29 is 28.0 Å². The van der Waals surface area contributed by atoms with Crippen LogP contribution in [0.3, 0.4) is 0 Å². The molecule has 0 spiro atoms. The van der Waals surface area contributed by atoms with Gasteiger partial charge in [0.05, 0.1) is 6.54 Å². The van der Waals surface area contributed by atoms with Gasteiger partial charge in [0.15, 0.2) is 0 Å². The molecule has 0 aromatic heterocycles. The van der Waals surface area contributed by atoms with Crippen LogP contribution in [-0.2, 0) is 18.2 Å². The van der Waals surface area contributed by atoms with Crippen LogP contribution in [0.1, 0.15) is 6.92 Å². The Morgan fingerprint density at radius 3 is 2.14 bits per heavy atom. The lowest BCUT2D eigenvalue weighted by molar-refractivity contribution is -0.117. The molecule has 2 atom stereocenters. The van der Waals surface area contributed by atoms with Gasteiger partial charge >= 0.3 is 15.3 Å². The second kappa shape index (κ2) is 4.66. The van der Waals surface area contributed by atoms with Crippen LogP contribution in [0.25, 0.3) is 0 Å². The third-order valence-electron chi connectivity index (χ3n) is 1.14. The molecule has 0 saturated carbocycles. The van der Waals surface area contributed by atoms with E-state index >= 15 is 0 Å². The summed E-state index contributed by atoms with van der Waals surface area (Å²) in [6.45, 7) is 1.69. The zero-order valence-electron chi connectivity index (χ0n) is 8.08.